The van der Waals surface area contributed by atoms with Gasteiger partial charge in [0.1, 0.15) is 6.33 Å². The number of nitrogens with two attached hydrogens (primary N) is 1. The highest BCUT2D eigenvalue weighted by Gasteiger charge is 2.12. The van der Waals surface area contributed by atoms with Gasteiger partial charge in [0.25, 0.3) is 0 Å². The van der Waals surface area contributed by atoms with Crippen LogP contribution in [0.1, 0.15) is 18.8 Å². The molecule has 0 radical (unpaired) electrons. The third-order valence-corrected chi connectivity index (χ3v) is 3.01. The highest BCUT2D eigenvalue weighted by atomic mass is 79.9. The van der Waals surface area contributed by atoms with Crippen molar-refractivity contribution in [2.45, 2.75) is 13.0 Å². The number of nitrogens with one attached hydrogen (secondary N) is 1. The van der Waals surface area contributed by atoms with E-state index in [0.717, 1.165) is 16.0 Å². The van der Waals surface area contributed by atoms with Crippen LogP contribution in [0, 0.1) is 0 Å². The zero-order chi connectivity index (χ0) is 12.4. The number of benzene rings is 1. The molecule has 0 aliphatic rings. The van der Waals surface area contributed by atoms with Gasteiger partial charge in [0.2, 0.25) is 0 Å². The molecule has 0 spiro atoms. The summed E-state index contributed by atoms with van der Waals surface area (Å²) < 4.78 is 2.85. The fraction of sp³-hybridized carbons (Fsp3) is 0.273. The van der Waals surface area contributed by atoms with Crippen LogP contribution in [0.3, 0.4) is 0 Å². The maximum Gasteiger partial charge on any atom is 0.154 e. The minimum atomic E-state index is 0.0472. The number of hydrogen-bond acceptors (Lipinski definition) is 4. The molecule has 0 aliphatic heterocycles. The van der Waals surface area contributed by atoms with Crippen LogP contribution in [0.25, 0.3) is 0 Å². The van der Waals surface area contributed by atoms with Crippen molar-refractivity contribution in [3.8, 4) is 0 Å². The molecule has 1 atom stereocenters. The van der Waals surface area contributed by atoms with E-state index in [-0.39, 0.29) is 6.04 Å². The largest absolute Gasteiger partial charge is 0.397 e. The maximum absolute atomic E-state index is 5.93. The first-order valence-electron chi connectivity index (χ1n) is 5.23. The van der Waals surface area contributed by atoms with E-state index in [0.29, 0.717) is 5.69 Å². The molecule has 0 aliphatic carbocycles. The number of halogens is 1. The Balaban J connectivity index is 2.19. The van der Waals surface area contributed by atoms with Crippen molar-refractivity contribution in [2.75, 3.05) is 11.1 Å². The van der Waals surface area contributed by atoms with Gasteiger partial charge in [-0.3, -0.25) is 0 Å². The van der Waals surface area contributed by atoms with Gasteiger partial charge in [0, 0.05) is 11.5 Å². The number of aryl methyl sites for hydroxylation is 1. The van der Waals surface area contributed by atoms with Gasteiger partial charge < -0.3 is 15.6 Å². The Morgan fingerprint density at radius 3 is 2.82 bits per heavy atom. The van der Waals surface area contributed by atoms with Gasteiger partial charge in [-0.05, 0) is 25.1 Å². The lowest BCUT2D eigenvalue weighted by Crippen LogP contribution is -2.12. The fourth-order valence-electron chi connectivity index (χ4n) is 1.65. The molecule has 5 nitrogen and oxygen atoms in total. The smallest absolute Gasteiger partial charge is 0.154 e. The summed E-state index contributed by atoms with van der Waals surface area (Å²) in [6.07, 6.45) is 1.68. The van der Waals surface area contributed by atoms with Crippen LogP contribution in [0.2, 0.25) is 0 Å². The molecule has 0 amide bonds. The van der Waals surface area contributed by atoms with Crippen LogP contribution >= 0.6 is 15.9 Å². The van der Waals surface area contributed by atoms with Crippen molar-refractivity contribution < 1.29 is 0 Å². The summed E-state index contributed by atoms with van der Waals surface area (Å²) in [6, 6.07) is 5.80. The Hall–Kier alpha value is -1.56. The standard InChI is InChI=1S/C11H14BrN5/c1-7(11-16-14-6-17(11)2)15-10-4-3-8(12)5-9(10)13/h3-7,15H,13H2,1-2H3. The van der Waals surface area contributed by atoms with Gasteiger partial charge in [-0.15, -0.1) is 10.2 Å². The Bertz CT molecular complexity index is 522. The second-order valence-electron chi connectivity index (χ2n) is 3.90. The zero-order valence-corrected chi connectivity index (χ0v) is 11.3. The van der Waals surface area contributed by atoms with Crippen LogP contribution < -0.4 is 11.1 Å². The molecule has 2 aromatic rings. The van der Waals surface area contributed by atoms with Crippen molar-refractivity contribution in [2.24, 2.45) is 7.05 Å². The summed E-state index contributed by atoms with van der Waals surface area (Å²) in [5.41, 5.74) is 7.52. The van der Waals surface area contributed by atoms with E-state index in [1.54, 1.807) is 6.33 Å². The lowest BCUT2D eigenvalue weighted by molar-refractivity contribution is 0.719. The predicted molar refractivity (Wildman–Crippen MR) is 71.6 cm³/mol. The van der Waals surface area contributed by atoms with Crippen molar-refractivity contribution >= 4 is 27.3 Å². The minimum absolute atomic E-state index is 0.0472. The number of nitrogen functional groups attached to an aromatic ring is 1. The van der Waals surface area contributed by atoms with Crippen molar-refractivity contribution in [1.82, 2.24) is 14.8 Å². The Morgan fingerprint density at radius 1 is 1.47 bits per heavy atom. The summed E-state index contributed by atoms with van der Waals surface area (Å²) in [7, 11) is 1.92. The normalized spacial score (nSPS) is 12.4. The van der Waals surface area contributed by atoms with E-state index in [4.69, 9.17) is 5.73 Å². The summed E-state index contributed by atoms with van der Waals surface area (Å²) >= 11 is 3.38. The Morgan fingerprint density at radius 2 is 2.24 bits per heavy atom. The fourth-order valence-corrected chi connectivity index (χ4v) is 2.03. The van der Waals surface area contributed by atoms with Crippen LogP contribution in [0.5, 0.6) is 0 Å². The molecule has 1 aromatic heterocycles. The van der Waals surface area contributed by atoms with Crippen molar-refractivity contribution in [3.05, 3.63) is 34.8 Å². The second kappa shape index (κ2) is 4.75. The molecule has 90 valence electrons. The third-order valence-electron chi connectivity index (χ3n) is 2.52. The Kier molecular flexibility index (Phi) is 3.33. The molecule has 2 rings (SSSR count). The van der Waals surface area contributed by atoms with Crippen LogP contribution in [-0.2, 0) is 7.05 Å². The first kappa shape index (κ1) is 11.9. The molecule has 17 heavy (non-hydrogen) atoms. The maximum atomic E-state index is 5.93. The highest BCUT2D eigenvalue weighted by molar-refractivity contribution is 9.10. The molecule has 3 N–H and O–H groups in total. The SMILES string of the molecule is CC(Nc1ccc(Br)cc1N)c1nncn1C. The number of aromatic nitrogens is 3. The quantitative estimate of drug-likeness (QED) is 0.853. The van der Waals surface area contributed by atoms with Gasteiger partial charge in [0.15, 0.2) is 5.82 Å². The molecule has 1 aromatic carbocycles. The summed E-state index contributed by atoms with van der Waals surface area (Å²) in [5.74, 6) is 0.868. The first-order valence-corrected chi connectivity index (χ1v) is 6.02. The van der Waals surface area contributed by atoms with E-state index in [9.17, 15) is 0 Å². The molecule has 0 saturated carbocycles. The van der Waals surface area contributed by atoms with Crippen LogP contribution in [0.15, 0.2) is 29.0 Å². The summed E-state index contributed by atoms with van der Waals surface area (Å²) in [6.45, 7) is 2.02. The molecule has 6 heteroatoms. The zero-order valence-electron chi connectivity index (χ0n) is 9.68. The van der Waals surface area contributed by atoms with Gasteiger partial charge in [-0.1, -0.05) is 15.9 Å². The van der Waals surface area contributed by atoms with Crippen LogP contribution in [-0.4, -0.2) is 14.8 Å². The number of nitrogens with zero attached hydrogens (tertiary/aromatic N) is 3. The van der Waals surface area contributed by atoms with Crippen molar-refractivity contribution in [3.63, 3.8) is 0 Å². The van der Waals surface area contributed by atoms with E-state index in [2.05, 4.69) is 31.4 Å². The summed E-state index contributed by atoms with van der Waals surface area (Å²) in [5, 5.41) is 11.2. The minimum Gasteiger partial charge on any atom is -0.397 e. The van der Waals surface area contributed by atoms with E-state index in [1.807, 2.05) is 36.7 Å². The molecular weight excluding hydrogens is 282 g/mol. The molecule has 1 heterocycles. The lowest BCUT2D eigenvalue weighted by Gasteiger charge is -2.16. The molecule has 0 bridgehead atoms. The van der Waals surface area contributed by atoms with Gasteiger partial charge >= 0.3 is 0 Å². The monoisotopic (exact) mass is 295 g/mol. The van der Waals surface area contributed by atoms with Gasteiger partial charge in [-0.2, -0.15) is 0 Å². The topological polar surface area (TPSA) is 68.8 Å². The van der Waals surface area contributed by atoms with Crippen molar-refractivity contribution in [1.29, 1.82) is 0 Å². The molecule has 1 unspecified atom stereocenters. The second-order valence-corrected chi connectivity index (χ2v) is 4.81. The number of rotatable bonds is 3. The van der Waals surface area contributed by atoms with E-state index < -0.39 is 0 Å². The molecular formula is C11H14BrN5. The molecule has 0 saturated heterocycles. The highest BCUT2D eigenvalue weighted by Crippen LogP contribution is 2.26. The first-order chi connectivity index (χ1) is 8.08. The lowest BCUT2D eigenvalue weighted by atomic mass is 10.2. The van der Waals surface area contributed by atoms with Crippen LogP contribution in [0.4, 0.5) is 11.4 Å². The number of hydrogen-bond donors (Lipinski definition) is 2. The summed E-state index contributed by atoms with van der Waals surface area (Å²) in [4.78, 5) is 0. The predicted octanol–water partition coefficient (Wildman–Crippen LogP) is 2.33. The molecule has 0 fully saturated rings. The average Bonchev–Trinajstić information content (AvgIpc) is 2.68. The van der Waals surface area contributed by atoms with E-state index >= 15 is 0 Å². The Labute approximate surface area is 108 Å². The van der Waals surface area contributed by atoms with Gasteiger partial charge in [0.05, 0.1) is 17.4 Å². The third kappa shape index (κ3) is 2.58. The average molecular weight is 296 g/mol. The van der Waals surface area contributed by atoms with Gasteiger partial charge in [-0.25, -0.2) is 0 Å². The van der Waals surface area contributed by atoms with E-state index in [1.165, 1.54) is 0 Å². The number of anilines is 2.